The molecule has 0 bridgehead atoms. The molecule has 2 N–H and O–H groups in total. The molecule has 1 rings (SSSR count). The van der Waals surface area contributed by atoms with Crippen LogP contribution in [-0.2, 0) is 0 Å². The molecule has 0 saturated heterocycles. The van der Waals surface area contributed by atoms with Crippen LogP contribution in [0.15, 0.2) is 10.7 Å². The first-order valence-electron chi connectivity index (χ1n) is 4.62. The van der Waals surface area contributed by atoms with Gasteiger partial charge in [0.05, 0.1) is 0 Å². The maximum atomic E-state index is 10.5. The fourth-order valence-electron chi connectivity index (χ4n) is 1.11. The molecule has 0 aromatic carbocycles. The summed E-state index contributed by atoms with van der Waals surface area (Å²) in [4.78, 5) is 14.3. The van der Waals surface area contributed by atoms with E-state index < -0.39 is 5.97 Å². The zero-order valence-electron chi connectivity index (χ0n) is 8.28. The molecular formula is C9H14N2O3. The number of hydrogen-bond donors (Lipinski definition) is 2. The van der Waals surface area contributed by atoms with Gasteiger partial charge in [0.15, 0.2) is 5.69 Å². The minimum absolute atomic E-state index is 0.0709. The van der Waals surface area contributed by atoms with Gasteiger partial charge >= 0.3 is 5.97 Å². The quantitative estimate of drug-likeness (QED) is 0.756. The number of anilines is 1. The Balaban J connectivity index is 2.63. The molecule has 0 fully saturated rings. The minimum atomic E-state index is -1.08. The van der Waals surface area contributed by atoms with Crippen molar-refractivity contribution in [3.05, 3.63) is 12.0 Å². The molecule has 1 heterocycles. The van der Waals surface area contributed by atoms with E-state index in [2.05, 4.69) is 10.3 Å². The number of oxazole rings is 1. The van der Waals surface area contributed by atoms with E-state index >= 15 is 0 Å². The number of carboxylic acid groups (broad SMARTS) is 1. The predicted octanol–water partition coefficient (Wildman–Crippen LogP) is 1.97. The number of hydrogen-bond acceptors (Lipinski definition) is 4. The Morgan fingerprint density at radius 1 is 1.64 bits per heavy atom. The average Bonchev–Trinajstić information content (AvgIpc) is 2.62. The van der Waals surface area contributed by atoms with Crippen molar-refractivity contribution in [2.45, 2.75) is 32.7 Å². The van der Waals surface area contributed by atoms with E-state index in [-0.39, 0.29) is 17.8 Å². The molecule has 0 unspecified atom stereocenters. The lowest BCUT2D eigenvalue weighted by atomic mass is 10.2. The summed E-state index contributed by atoms with van der Waals surface area (Å²) in [5, 5.41) is 11.6. The fourth-order valence-corrected chi connectivity index (χ4v) is 1.11. The number of carbonyl (C=O) groups is 1. The highest BCUT2D eigenvalue weighted by Gasteiger charge is 2.12. The molecule has 0 saturated carbocycles. The van der Waals surface area contributed by atoms with Gasteiger partial charge in [-0.05, 0) is 12.8 Å². The van der Waals surface area contributed by atoms with Gasteiger partial charge in [-0.3, -0.25) is 0 Å². The zero-order chi connectivity index (χ0) is 10.6. The molecule has 14 heavy (non-hydrogen) atoms. The molecule has 78 valence electrons. The van der Waals surface area contributed by atoms with Gasteiger partial charge in [0.2, 0.25) is 0 Å². The monoisotopic (exact) mass is 198 g/mol. The molecule has 1 aromatic heterocycles. The Labute approximate surface area is 82.1 Å². The van der Waals surface area contributed by atoms with Crippen molar-refractivity contribution in [1.29, 1.82) is 0 Å². The van der Waals surface area contributed by atoms with Gasteiger partial charge in [0.1, 0.15) is 6.26 Å². The Bertz CT molecular complexity index is 305. The molecule has 1 aromatic rings. The van der Waals surface area contributed by atoms with Gasteiger partial charge in [0.25, 0.3) is 6.01 Å². The predicted molar refractivity (Wildman–Crippen MR) is 51.5 cm³/mol. The Morgan fingerprint density at radius 2 is 2.29 bits per heavy atom. The highest BCUT2D eigenvalue weighted by Crippen LogP contribution is 2.11. The summed E-state index contributed by atoms with van der Waals surface area (Å²) in [6.45, 7) is 4.09. The number of carboxylic acids is 1. The van der Waals surface area contributed by atoms with Crippen LogP contribution in [0.2, 0.25) is 0 Å². The van der Waals surface area contributed by atoms with E-state index in [1.807, 2.05) is 13.8 Å². The standard InChI is InChI=1S/C9H14N2O3/c1-3-6(4-2)10-9-11-7(5-14-9)8(12)13/h5-6H,3-4H2,1-2H3,(H,10,11)(H,12,13). The van der Waals surface area contributed by atoms with Crippen LogP contribution in [0.5, 0.6) is 0 Å². The Kier molecular flexibility index (Phi) is 3.50. The lowest BCUT2D eigenvalue weighted by Crippen LogP contribution is -2.17. The molecule has 0 radical (unpaired) electrons. The van der Waals surface area contributed by atoms with Gasteiger partial charge in [-0.1, -0.05) is 13.8 Å². The first kappa shape index (κ1) is 10.6. The summed E-state index contributed by atoms with van der Waals surface area (Å²) in [5.41, 5.74) is -0.0709. The molecule has 0 aliphatic heterocycles. The van der Waals surface area contributed by atoms with Crippen molar-refractivity contribution in [2.24, 2.45) is 0 Å². The lowest BCUT2D eigenvalue weighted by molar-refractivity contribution is 0.0690. The van der Waals surface area contributed by atoms with E-state index in [9.17, 15) is 4.79 Å². The number of aromatic carboxylic acids is 1. The van der Waals surface area contributed by atoms with Crippen LogP contribution in [0.1, 0.15) is 37.2 Å². The molecule has 0 amide bonds. The molecular weight excluding hydrogens is 184 g/mol. The van der Waals surface area contributed by atoms with Gasteiger partial charge in [-0.2, -0.15) is 4.98 Å². The third-order valence-corrected chi connectivity index (χ3v) is 2.04. The SMILES string of the molecule is CCC(CC)Nc1nc(C(=O)O)co1. The van der Waals surface area contributed by atoms with Crippen LogP contribution >= 0.6 is 0 Å². The van der Waals surface area contributed by atoms with Crippen molar-refractivity contribution >= 4 is 12.0 Å². The second kappa shape index (κ2) is 4.64. The summed E-state index contributed by atoms with van der Waals surface area (Å²) in [7, 11) is 0. The first-order chi connectivity index (χ1) is 6.67. The normalized spacial score (nSPS) is 10.5. The summed E-state index contributed by atoms with van der Waals surface area (Å²) in [6.07, 6.45) is 3.02. The second-order valence-corrected chi connectivity index (χ2v) is 3.00. The summed E-state index contributed by atoms with van der Waals surface area (Å²) in [6, 6.07) is 0.548. The van der Waals surface area contributed by atoms with Crippen LogP contribution in [0.4, 0.5) is 6.01 Å². The van der Waals surface area contributed by atoms with Crippen LogP contribution in [-0.4, -0.2) is 22.1 Å². The molecule has 5 nitrogen and oxygen atoms in total. The average molecular weight is 198 g/mol. The molecule has 0 spiro atoms. The van der Waals surface area contributed by atoms with Crippen LogP contribution in [0.25, 0.3) is 0 Å². The van der Waals surface area contributed by atoms with Crippen molar-refractivity contribution in [1.82, 2.24) is 4.98 Å². The van der Waals surface area contributed by atoms with Crippen LogP contribution < -0.4 is 5.32 Å². The van der Waals surface area contributed by atoms with Crippen molar-refractivity contribution in [2.75, 3.05) is 5.32 Å². The van der Waals surface area contributed by atoms with E-state index in [1.165, 1.54) is 0 Å². The van der Waals surface area contributed by atoms with Crippen molar-refractivity contribution < 1.29 is 14.3 Å². The lowest BCUT2D eigenvalue weighted by Gasteiger charge is -2.11. The van der Waals surface area contributed by atoms with Crippen molar-refractivity contribution in [3.63, 3.8) is 0 Å². The third kappa shape index (κ3) is 2.48. The van der Waals surface area contributed by atoms with Gasteiger partial charge in [0, 0.05) is 6.04 Å². The van der Waals surface area contributed by atoms with E-state index in [1.54, 1.807) is 0 Å². The Morgan fingerprint density at radius 3 is 2.71 bits per heavy atom. The van der Waals surface area contributed by atoms with Gasteiger partial charge in [-0.15, -0.1) is 0 Å². The maximum Gasteiger partial charge on any atom is 0.357 e. The molecule has 0 aliphatic rings. The fraction of sp³-hybridized carbons (Fsp3) is 0.556. The topological polar surface area (TPSA) is 75.4 Å². The summed E-state index contributed by atoms with van der Waals surface area (Å²) in [5.74, 6) is -1.08. The highest BCUT2D eigenvalue weighted by molar-refractivity contribution is 5.85. The van der Waals surface area contributed by atoms with E-state index in [0.717, 1.165) is 19.1 Å². The third-order valence-electron chi connectivity index (χ3n) is 2.04. The summed E-state index contributed by atoms with van der Waals surface area (Å²) < 4.78 is 4.96. The number of aromatic nitrogens is 1. The summed E-state index contributed by atoms with van der Waals surface area (Å²) >= 11 is 0. The molecule has 0 atom stereocenters. The second-order valence-electron chi connectivity index (χ2n) is 3.00. The van der Waals surface area contributed by atoms with Gasteiger partial charge < -0.3 is 14.8 Å². The zero-order valence-corrected chi connectivity index (χ0v) is 8.28. The Hall–Kier alpha value is -1.52. The van der Waals surface area contributed by atoms with Crippen molar-refractivity contribution in [3.8, 4) is 0 Å². The van der Waals surface area contributed by atoms with E-state index in [0.29, 0.717) is 0 Å². The minimum Gasteiger partial charge on any atom is -0.476 e. The number of nitrogens with zero attached hydrogens (tertiary/aromatic N) is 1. The maximum absolute atomic E-state index is 10.5. The smallest absolute Gasteiger partial charge is 0.357 e. The number of nitrogens with one attached hydrogen (secondary N) is 1. The van der Waals surface area contributed by atoms with Crippen LogP contribution in [0, 0.1) is 0 Å². The molecule has 5 heteroatoms. The van der Waals surface area contributed by atoms with Gasteiger partial charge in [-0.25, -0.2) is 4.79 Å². The van der Waals surface area contributed by atoms with E-state index in [4.69, 9.17) is 9.52 Å². The molecule has 0 aliphatic carbocycles. The van der Waals surface area contributed by atoms with Crippen LogP contribution in [0.3, 0.4) is 0 Å². The highest BCUT2D eigenvalue weighted by atomic mass is 16.4. The number of rotatable bonds is 5. The largest absolute Gasteiger partial charge is 0.476 e. The first-order valence-corrected chi connectivity index (χ1v) is 4.62.